The first kappa shape index (κ1) is 23.2. The van der Waals surface area contributed by atoms with E-state index in [1.807, 2.05) is 30.3 Å². The summed E-state index contributed by atoms with van der Waals surface area (Å²) < 4.78 is 5.76. The number of hydrogen-bond acceptors (Lipinski definition) is 5. The summed E-state index contributed by atoms with van der Waals surface area (Å²) in [6.45, 7) is 3.98. The largest absolute Gasteiger partial charge is 0.382 e. The Bertz CT molecular complexity index is 1220. The number of aromatic nitrogens is 3. The molecule has 8 heteroatoms. The number of nitrogens with one attached hydrogen (secondary N) is 1. The van der Waals surface area contributed by atoms with Crippen LogP contribution in [0.15, 0.2) is 47.4 Å². The summed E-state index contributed by atoms with van der Waals surface area (Å²) in [5.41, 5.74) is 9.13. The average molecular weight is 488 g/mol. The molecule has 0 aliphatic heterocycles. The van der Waals surface area contributed by atoms with Crippen LogP contribution in [-0.4, -0.2) is 21.1 Å². The molecule has 0 aliphatic rings. The van der Waals surface area contributed by atoms with E-state index in [1.165, 1.54) is 11.9 Å². The monoisotopic (exact) mass is 487 g/mol. The van der Waals surface area contributed by atoms with Crippen molar-refractivity contribution in [1.82, 2.24) is 19.3 Å². The van der Waals surface area contributed by atoms with Crippen LogP contribution in [0, 0.1) is 0 Å². The van der Waals surface area contributed by atoms with Gasteiger partial charge in [-0.25, -0.2) is 9.97 Å². The van der Waals surface area contributed by atoms with Crippen LogP contribution in [0.1, 0.15) is 38.4 Å². The van der Waals surface area contributed by atoms with Gasteiger partial charge in [0.25, 0.3) is 0 Å². The molecular formula is C24H27Cl2N5S. The minimum atomic E-state index is 0.508. The van der Waals surface area contributed by atoms with E-state index in [0.717, 1.165) is 77.8 Å². The fraction of sp³-hybridized carbons (Fsp3) is 0.333. The Labute approximate surface area is 202 Å². The normalized spacial score (nSPS) is 11.6. The molecular weight excluding hydrogens is 461 g/mol. The van der Waals surface area contributed by atoms with E-state index >= 15 is 0 Å². The van der Waals surface area contributed by atoms with Crippen LogP contribution in [0.2, 0.25) is 10.0 Å². The number of rotatable bonds is 10. The van der Waals surface area contributed by atoms with E-state index in [1.54, 1.807) is 6.07 Å². The first-order chi connectivity index (χ1) is 15.6. The number of hydrogen-bond donors (Lipinski definition) is 2. The Morgan fingerprint density at radius 2 is 1.91 bits per heavy atom. The van der Waals surface area contributed by atoms with Gasteiger partial charge in [0.1, 0.15) is 11.3 Å². The van der Waals surface area contributed by atoms with Gasteiger partial charge in [-0.2, -0.15) is 0 Å². The summed E-state index contributed by atoms with van der Waals surface area (Å²) in [7, 11) is 0. The SMILES string of the molecule is CCCCc1nc2c(N)nc3ccccc3c2n1CCCCNSc1ccc(Cl)cc1Cl. The third-order valence-electron chi connectivity index (χ3n) is 5.43. The fourth-order valence-corrected chi connectivity index (χ4v) is 5.04. The third kappa shape index (κ3) is 5.15. The topological polar surface area (TPSA) is 68.8 Å². The molecule has 0 unspecified atom stereocenters. The second kappa shape index (κ2) is 10.8. The molecule has 3 N–H and O–H groups in total. The first-order valence-electron chi connectivity index (χ1n) is 11.0. The van der Waals surface area contributed by atoms with Gasteiger partial charge in [-0.1, -0.05) is 54.7 Å². The van der Waals surface area contributed by atoms with Crippen molar-refractivity contribution in [2.45, 2.75) is 50.5 Å². The van der Waals surface area contributed by atoms with Crippen molar-refractivity contribution < 1.29 is 0 Å². The Morgan fingerprint density at radius 3 is 2.72 bits per heavy atom. The number of unbranched alkanes of at least 4 members (excludes halogenated alkanes) is 2. The van der Waals surface area contributed by atoms with Crippen molar-refractivity contribution in [3.05, 3.63) is 58.3 Å². The van der Waals surface area contributed by atoms with E-state index in [2.05, 4.69) is 27.3 Å². The molecule has 0 spiro atoms. The van der Waals surface area contributed by atoms with Gasteiger partial charge in [-0.05, 0) is 55.5 Å². The number of halogens is 2. The minimum Gasteiger partial charge on any atom is -0.382 e. The third-order valence-corrected chi connectivity index (χ3v) is 7.01. The molecule has 0 atom stereocenters. The van der Waals surface area contributed by atoms with Gasteiger partial charge in [-0.3, -0.25) is 4.72 Å². The van der Waals surface area contributed by atoms with Gasteiger partial charge in [0.05, 0.1) is 16.1 Å². The zero-order chi connectivity index (χ0) is 22.5. The molecule has 0 aliphatic carbocycles. The lowest BCUT2D eigenvalue weighted by Crippen LogP contribution is -2.09. The number of benzene rings is 2. The maximum absolute atomic E-state index is 6.29. The summed E-state index contributed by atoms with van der Waals surface area (Å²) in [6.07, 6.45) is 5.25. The van der Waals surface area contributed by atoms with E-state index in [-0.39, 0.29) is 0 Å². The lowest BCUT2D eigenvalue weighted by atomic mass is 10.2. The lowest BCUT2D eigenvalue weighted by Gasteiger charge is -2.11. The Morgan fingerprint density at radius 1 is 1.06 bits per heavy atom. The van der Waals surface area contributed by atoms with Crippen LogP contribution >= 0.6 is 35.1 Å². The predicted octanol–water partition coefficient (Wildman–Crippen LogP) is 6.89. The lowest BCUT2D eigenvalue weighted by molar-refractivity contribution is 0.588. The zero-order valence-corrected chi connectivity index (χ0v) is 20.4. The number of nitrogens with zero attached hydrogens (tertiary/aromatic N) is 3. The Kier molecular flexibility index (Phi) is 7.79. The summed E-state index contributed by atoms with van der Waals surface area (Å²) in [6, 6.07) is 13.7. The molecule has 5 nitrogen and oxygen atoms in total. The van der Waals surface area contributed by atoms with Crippen LogP contribution in [-0.2, 0) is 13.0 Å². The molecule has 0 radical (unpaired) electrons. The van der Waals surface area contributed by atoms with Crippen LogP contribution in [0.25, 0.3) is 21.9 Å². The average Bonchev–Trinajstić information content (AvgIpc) is 3.15. The number of pyridine rings is 1. The van der Waals surface area contributed by atoms with Gasteiger partial charge in [0.2, 0.25) is 0 Å². The summed E-state index contributed by atoms with van der Waals surface area (Å²) in [4.78, 5) is 10.5. The zero-order valence-electron chi connectivity index (χ0n) is 18.1. The summed E-state index contributed by atoms with van der Waals surface area (Å²) >= 11 is 13.7. The van der Waals surface area contributed by atoms with Gasteiger partial charge in [-0.15, -0.1) is 0 Å². The van der Waals surface area contributed by atoms with E-state index < -0.39 is 0 Å². The molecule has 4 aromatic rings. The maximum atomic E-state index is 6.29. The predicted molar refractivity (Wildman–Crippen MR) is 138 cm³/mol. The highest BCUT2D eigenvalue weighted by atomic mass is 35.5. The highest BCUT2D eigenvalue weighted by Crippen LogP contribution is 2.30. The van der Waals surface area contributed by atoms with Crippen molar-refractivity contribution in [2.75, 3.05) is 12.3 Å². The molecule has 0 amide bonds. The standard InChI is InChI=1S/C24H27Cl2N5S/c1-2-3-10-21-30-22-23(17-8-4-5-9-19(17)29-24(22)27)31(21)14-7-6-13-28-32-20-12-11-16(25)15-18(20)26/h4-5,8-9,11-12,15,28H,2-3,6-7,10,13-14H2,1H3,(H2,27,29). The molecule has 0 saturated heterocycles. The van der Waals surface area contributed by atoms with Crippen LogP contribution in [0.5, 0.6) is 0 Å². The number of aryl methyl sites for hydroxylation is 2. The molecule has 32 heavy (non-hydrogen) atoms. The number of imidazole rings is 1. The number of anilines is 1. The molecule has 2 aromatic carbocycles. The molecule has 0 saturated carbocycles. The molecule has 4 rings (SSSR count). The van der Waals surface area contributed by atoms with Crippen LogP contribution in [0.3, 0.4) is 0 Å². The summed E-state index contributed by atoms with van der Waals surface area (Å²) in [5, 5.41) is 2.42. The number of fused-ring (bicyclic) bond motifs is 3. The minimum absolute atomic E-state index is 0.508. The quantitative estimate of drug-likeness (QED) is 0.188. The van der Waals surface area contributed by atoms with E-state index in [9.17, 15) is 0 Å². The Balaban J connectivity index is 1.46. The van der Waals surface area contributed by atoms with E-state index in [4.69, 9.17) is 33.9 Å². The van der Waals surface area contributed by atoms with Crippen molar-refractivity contribution >= 4 is 62.9 Å². The number of nitrogens with two attached hydrogens (primary N) is 1. The maximum Gasteiger partial charge on any atom is 0.152 e. The number of para-hydroxylation sites is 1. The fourth-order valence-electron chi connectivity index (χ4n) is 3.83. The first-order valence-corrected chi connectivity index (χ1v) is 12.5. The van der Waals surface area contributed by atoms with Gasteiger partial charge in [0, 0.05) is 34.8 Å². The molecule has 2 heterocycles. The molecule has 2 aromatic heterocycles. The second-order valence-electron chi connectivity index (χ2n) is 7.77. The van der Waals surface area contributed by atoms with Crippen LogP contribution in [0.4, 0.5) is 5.82 Å². The van der Waals surface area contributed by atoms with E-state index in [0.29, 0.717) is 15.9 Å². The van der Waals surface area contributed by atoms with Crippen molar-refractivity contribution in [2.24, 2.45) is 0 Å². The van der Waals surface area contributed by atoms with Crippen LogP contribution < -0.4 is 10.5 Å². The van der Waals surface area contributed by atoms with Crippen molar-refractivity contribution in [3.63, 3.8) is 0 Å². The molecule has 0 bridgehead atoms. The second-order valence-corrected chi connectivity index (χ2v) is 9.55. The molecule has 168 valence electrons. The highest BCUT2D eigenvalue weighted by Gasteiger charge is 2.16. The smallest absolute Gasteiger partial charge is 0.152 e. The van der Waals surface area contributed by atoms with Crippen molar-refractivity contribution in [1.29, 1.82) is 0 Å². The summed E-state index contributed by atoms with van der Waals surface area (Å²) in [5.74, 6) is 1.61. The molecule has 0 fully saturated rings. The van der Waals surface area contributed by atoms with Crippen molar-refractivity contribution in [3.8, 4) is 0 Å². The number of nitrogen functional groups attached to an aromatic ring is 1. The van der Waals surface area contributed by atoms with Gasteiger partial charge < -0.3 is 10.3 Å². The Hall–Kier alpha value is -1.99. The van der Waals surface area contributed by atoms with Gasteiger partial charge in [0.15, 0.2) is 5.82 Å². The van der Waals surface area contributed by atoms with Gasteiger partial charge >= 0.3 is 0 Å². The highest BCUT2D eigenvalue weighted by molar-refractivity contribution is 7.97.